The number of amides is 1. The van der Waals surface area contributed by atoms with Crippen LogP contribution in [0.3, 0.4) is 0 Å². The molecule has 0 aromatic heterocycles. The fraction of sp³-hybridized carbons (Fsp3) is 0.556. The molecule has 6 heteroatoms. The average molecular weight is 367 g/mol. The Morgan fingerprint density at radius 2 is 2.21 bits per heavy atom. The number of aliphatic hydroxyl groups is 1. The number of nitrogens with one attached hydrogen (secondary N) is 1. The lowest BCUT2D eigenvalue weighted by Gasteiger charge is -2.48. The summed E-state index contributed by atoms with van der Waals surface area (Å²) in [6, 6.07) is 7.51. The molecule has 1 aliphatic carbocycles. The lowest BCUT2D eigenvalue weighted by atomic mass is 9.71. The number of hydrogen-bond donors (Lipinski definition) is 2. The molecule has 4 nitrogen and oxygen atoms in total. The molecule has 0 bridgehead atoms. The zero-order chi connectivity index (χ0) is 17.4. The smallest absolute Gasteiger partial charge is 0.248 e. The molecule has 1 aromatic rings. The van der Waals surface area contributed by atoms with E-state index >= 15 is 0 Å². The van der Waals surface area contributed by atoms with Gasteiger partial charge >= 0.3 is 0 Å². The van der Waals surface area contributed by atoms with Crippen molar-refractivity contribution in [2.45, 2.75) is 49.8 Å². The van der Waals surface area contributed by atoms with E-state index in [0.717, 1.165) is 17.7 Å². The molecular formula is C18H23ClN2O2S. The number of hydrogen-bond acceptors (Lipinski definition) is 4. The van der Waals surface area contributed by atoms with Crippen molar-refractivity contribution in [3.8, 4) is 0 Å². The molecule has 1 saturated carbocycles. The third kappa shape index (κ3) is 2.87. The predicted molar refractivity (Wildman–Crippen MR) is 100.0 cm³/mol. The Balaban J connectivity index is 2.13. The first-order chi connectivity index (χ1) is 11.4. The number of carbonyl (C=O) groups is 1. The number of nitrogens with zero attached hydrogens (tertiary/aromatic N) is 1. The maximum absolute atomic E-state index is 12.9. The molecule has 2 aliphatic rings. The fourth-order valence-electron chi connectivity index (χ4n) is 3.67. The summed E-state index contributed by atoms with van der Waals surface area (Å²) in [6.07, 6.45) is 4.20. The van der Waals surface area contributed by atoms with Gasteiger partial charge in [0.05, 0.1) is 11.8 Å². The molecule has 24 heavy (non-hydrogen) atoms. The van der Waals surface area contributed by atoms with E-state index in [4.69, 9.17) is 16.6 Å². The van der Waals surface area contributed by atoms with Gasteiger partial charge in [-0.15, -0.1) is 0 Å². The summed E-state index contributed by atoms with van der Waals surface area (Å²) in [4.78, 5) is 17.7. The summed E-state index contributed by atoms with van der Waals surface area (Å²) in [5.74, 6) is 0.755. The van der Waals surface area contributed by atoms with E-state index in [0.29, 0.717) is 30.0 Å². The maximum Gasteiger partial charge on any atom is 0.248 e. The zero-order valence-electron chi connectivity index (χ0n) is 14.0. The van der Waals surface area contributed by atoms with Crippen LogP contribution in [-0.2, 0) is 10.3 Å². The Kier molecular flexibility index (Phi) is 4.96. The van der Waals surface area contributed by atoms with Gasteiger partial charge in [0.15, 0.2) is 0 Å². The van der Waals surface area contributed by atoms with E-state index in [1.54, 1.807) is 11.8 Å². The Hall–Kier alpha value is -1.04. The van der Waals surface area contributed by atoms with Crippen LogP contribution in [0.25, 0.3) is 0 Å². The lowest BCUT2D eigenvalue weighted by Crippen LogP contribution is -2.65. The molecular weight excluding hydrogens is 344 g/mol. The van der Waals surface area contributed by atoms with Gasteiger partial charge in [0.2, 0.25) is 5.91 Å². The van der Waals surface area contributed by atoms with Crippen molar-refractivity contribution in [2.24, 2.45) is 4.99 Å². The number of halogens is 1. The monoisotopic (exact) mass is 366 g/mol. The molecule has 1 amide bonds. The summed E-state index contributed by atoms with van der Waals surface area (Å²) in [6.45, 7) is 1.85. The standard InChI is InChI=1S/C18H23ClN2O2S/c1-17(10-11-24-2)16(23)21-18(12-6-3-4-7-13(12)19)9-5-8-14(22)15(18)20-17/h3-4,6-7,14,22H,5,8-11H2,1-2H3,(H,21,23)/t14-,17?,18-/m1/s1. The van der Waals surface area contributed by atoms with Crippen LogP contribution in [-0.4, -0.2) is 40.4 Å². The fourth-order valence-corrected chi connectivity index (χ4v) is 4.57. The van der Waals surface area contributed by atoms with Crippen molar-refractivity contribution < 1.29 is 9.90 Å². The van der Waals surface area contributed by atoms with Gasteiger partial charge in [0.25, 0.3) is 0 Å². The van der Waals surface area contributed by atoms with Crippen LogP contribution >= 0.6 is 23.4 Å². The summed E-state index contributed by atoms with van der Waals surface area (Å²) < 4.78 is 0. The minimum atomic E-state index is -0.832. The summed E-state index contributed by atoms with van der Waals surface area (Å²) in [5.41, 5.74) is -0.137. The van der Waals surface area contributed by atoms with Crippen LogP contribution in [0.2, 0.25) is 5.02 Å². The molecule has 1 aromatic carbocycles. The molecule has 2 N–H and O–H groups in total. The van der Waals surface area contributed by atoms with Crippen LogP contribution in [0.15, 0.2) is 29.3 Å². The third-order valence-corrected chi connectivity index (χ3v) is 6.03. The minimum Gasteiger partial charge on any atom is -0.387 e. The molecule has 1 fully saturated rings. The first-order valence-corrected chi connectivity index (χ1v) is 10.0. The van der Waals surface area contributed by atoms with Crippen molar-refractivity contribution in [2.75, 3.05) is 12.0 Å². The molecule has 1 aliphatic heterocycles. The Labute approximate surface area is 152 Å². The van der Waals surface area contributed by atoms with E-state index in [1.807, 2.05) is 37.4 Å². The van der Waals surface area contributed by atoms with E-state index in [9.17, 15) is 9.90 Å². The topological polar surface area (TPSA) is 61.7 Å². The number of fused-ring (bicyclic) bond motifs is 1. The van der Waals surface area contributed by atoms with Gasteiger partial charge in [-0.05, 0) is 50.7 Å². The molecule has 1 unspecified atom stereocenters. The molecule has 130 valence electrons. The Bertz CT molecular complexity index is 681. The van der Waals surface area contributed by atoms with E-state index < -0.39 is 17.2 Å². The number of aliphatic imine (C=N–C) groups is 1. The summed E-state index contributed by atoms with van der Waals surface area (Å²) >= 11 is 8.12. The largest absolute Gasteiger partial charge is 0.387 e. The zero-order valence-corrected chi connectivity index (χ0v) is 15.6. The maximum atomic E-state index is 12.9. The van der Waals surface area contributed by atoms with Crippen LogP contribution < -0.4 is 5.32 Å². The molecule has 1 heterocycles. The van der Waals surface area contributed by atoms with Gasteiger partial charge in [-0.3, -0.25) is 9.79 Å². The van der Waals surface area contributed by atoms with E-state index in [1.165, 1.54) is 0 Å². The predicted octanol–water partition coefficient (Wildman–Crippen LogP) is 3.16. The van der Waals surface area contributed by atoms with Crippen molar-refractivity contribution >= 4 is 35.0 Å². The van der Waals surface area contributed by atoms with Gasteiger partial charge in [0, 0.05) is 10.6 Å². The van der Waals surface area contributed by atoms with Crippen LogP contribution in [0.4, 0.5) is 0 Å². The number of rotatable bonds is 4. The first kappa shape index (κ1) is 17.8. The quantitative estimate of drug-likeness (QED) is 0.860. The van der Waals surface area contributed by atoms with Crippen molar-refractivity contribution in [1.29, 1.82) is 0 Å². The molecule has 0 spiro atoms. The molecule has 0 saturated heterocycles. The second kappa shape index (κ2) is 6.70. The van der Waals surface area contributed by atoms with Crippen LogP contribution in [0, 0.1) is 0 Å². The molecule has 3 atom stereocenters. The third-order valence-electron chi connectivity index (χ3n) is 5.09. The van der Waals surface area contributed by atoms with Gasteiger partial charge in [-0.1, -0.05) is 29.8 Å². The number of benzene rings is 1. The second-order valence-electron chi connectivity index (χ2n) is 6.76. The van der Waals surface area contributed by atoms with E-state index in [-0.39, 0.29) is 5.91 Å². The van der Waals surface area contributed by atoms with E-state index in [2.05, 4.69) is 5.32 Å². The van der Waals surface area contributed by atoms with Crippen molar-refractivity contribution in [1.82, 2.24) is 5.32 Å². The minimum absolute atomic E-state index is 0.0886. The van der Waals surface area contributed by atoms with Gasteiger partial charge < -0.3 is 10.4 Å². The average Bonchev–Trinajstić information content (AvgIpc) is 2.56. The highest BCUT2D eigenvalue weighted by atomic mass is 35.5. The first-order valence-electron chi connectivity index (χ1n) is 8.28. The van der Waals surface area contributed by atoms with Crippen molar-refractivity contribution in [3.05, 3.63) is 34.9 Å². The summed E-state index contributed by atoms with van der Waals surface area (Å²) in [7, 11) is 0. The summed E-state index contributed by atoms with van der Waals surface area (Å²) in [5, 5.41) is 14.4. The number of aliphatic hydroxyl groups excluding tert-OH is 1. The highest BCUT2D eigenvalue weighted by molar-refractivity contribution is 7.98. The molecule has 0 radical (unpaired) electrons. The van der Waals surface area contributed by atoms with Gasteiger partial charge in [-0.25, -0.2) is 0 Å². The van der Waals surface area contributed by atoms with Crippen LogP contribution in [0.5, 0.6) is 0 Å². The highest BCUT2D eigenvalue weighted by Crippen LogP contribution is 2.42. The lowest BCUT2D eigenvalue weighted by molar-refractivity contribution is -0.128. The number of thioether (sulfide) groups is 1. The van der Waals surface area contributed by atoms with Crippen molar-refractivity contribution in [3.63, 3.8) is 0 Å². The highest BCUT2D eigenvalue weighted by Gasteiger charge is 2.52. The normalized spacial score (nSPS) is 32.8. The SMILES string of the molecule is CSCCC1(C)N=C2[C@H](O)CCC[C@]2(c2ccccc2Cl)NC1=O. The van der Waals surface area contributed by atoms with Crippen LogP contribution in [0.1, 0.15) is 38.2 Å². The Morgan fingerprint density at radius 1 is 1.46 bits per heavy atom. The second-order valence-corrected chi connectivity index (χ2v) is 8.15. The molecule has 3 rings (SSSR count). The van der Waals surface area contributed by atoms with Gasteiger partial charge in [-0.2, -0.15) is 11.8 Å². The Morgan fingerprint density at radius 3 is 2.92 bits per heavy atom. The van der Waals surface area contributed by atoms with Gasteiger partial charge in [0.1, 0.15) is 11.1 Å². The number of carbonyl (C=O) groups excluding carboxylic acids is 1.